The third kappa shape index (κ3) is 2.69. The highest BCUT2D eigenvalue weighted by molar-refractivity contribution is 7.16. The van der Waals surface area contributed by atoms with E-state index in [4.69, 9.17) is 5.73 Å². The fourth-order valence-electron chi connectivity index (χ4n) is 3.67. The van der Waals surface area contributed by atoms with E-state index >= 15 is 0 Å². The molecule has 0 radical (unpaired) electrons. The molecule has 4 heterocycles. The van der Waals surface area contributed by atoms with Gasteiger partial charge in [-0.05, 0) is 37.9 Å². The Kier molecular flexibility index (Phi) is 4.01. The van der Waals surface area contributed by atoms with Crippen molar-refractivity contribution in [1.29, 1.82) is 0 Å². The van der Waals surface area contributed by atoms with Crippen molar-refractivity contribution in [2.75, 3.05) is 50.4 Å². The third-order valence-corrected chi connectivity index (χ3v) is 5.83. The minimum Gasteiger partial charge on any atom is -0.368 e. The van der Waals surface area contributed by atoms with E-state index in [1.165, 1.54) is 0 Å². The fraction of sp³-hybridized carbons (Fsp3) is 0.562. The zero-order chi connectivity index (χ0) is 16.7. The molecule has 2 aromatic rings. The molecule has 2 aromatic heterocycles. The Hall–Kier alpha value is -1.93. The Bertz CT molecular complexity index is 754. The van der Waals surface area contributed by atoms with Gasteiger partial charge in [0.05, 0.1) is 11.4 Å². The average molecular weight is 346 g/mol. The number of rotatable bonds is 2. The number of thiophene rings is 1. The summed E-state index contributed by atoms with van der Waals surface area (Å²) >= 11 is 1.57. The quantitative estimate of drug-likeness (QED) is 0.875. The molecule has 0 unspecified atom stereocenters. The van der Waals surface area contributed by atoms with Crippen molar-refractivity contribution in [3.8, 4) is 0 Å². The van der Waals surface area contributed by atoms with Crippen molar-refractivity contribution in [1.82, 2.24) is 19.8 Å². The summed E-state index contributed by atoms with van der Waals surface area (Å²) in [7, 11) is 2.04. The second-order valence-corrected chi connectivity index (χ2v) is 7.39. The zero-order valence-corrected chi connectivity index (χ0v) is 14.6. The van der Waals surface area contributed by atoms with E-state index in [1.807, 2.05) is 23.4 Å². The number of likely N-dealkylation sites (N-methyl/N-ethyl adjacent to an activating group) is 1. The Morgan fingerprint density at radius 2 is 2.04 bits per heavy atom. The number of nitrogen functional groups attached to an aromatic ring is 1. The summed E-state index contributed by atoms with van der Waals surface area (Å²) in [4.78, 5) is 28.7. The summed E-state index contributed by atoms with van der Waals surface area (Å²) in [5.41, 5.74) is 5.85. The molecule has 0 spiro atoms. The topological polar surface area (TPSA) is 78.6 Å². The van der Waals surface area contributed by atoms with E-state index in [1.54, 1.807) is 11.3 Å². The molecule has 2 aliphatic rings. The summed E-state index contributed by atoms with van der Waals surface area (Å²) in [6.45, 7) is 4.05. The number of nitrogens with two attached hydrogens (primary N) is 1. The van der Waals surface area contributed by atoms with Gasteiger partial charge in [0.15, 0.2) is 0 Å². The maximum Gasteiger partial charge on any atom is 0.240 e. The molecule has 0 saturated carbocycles. The molecule has 1 amide bonds. The molecular formula is C16H22N6OS. The number of anilines is 2. The van der Waals surface area contributed by atoms with Crippen molar-refractivity contribution >= 4 is 39.2 Å². The van der Waals surface area contributed by atoms with Crippen LogP contribution in [0.5, 0.6) is 0 Å². The molecule has 0 bridgehead atoms. The van der Waals surface area contributed by atoms with Crippen LogP contribution in [-0.4, -0.2) is 71.5 Å². The summed E-state index contributed by atoms with van der Waals surface area (Å²) in [6.07, 6.45) is 2.09. The predicted octanol–water partition coefficient (Wildman–Crippen LogP) is 1.02. The van der Waals surface area contributed by atoms with Crippen molar-refractivity contribution in [2.45, 2.75) is 18.9 Å². The second kappa shape index (κ2) is 6.18. The normalized spacial score (nSPS) is 22.5. The predicted molar refractivity (Wildman–Crippen MR) is 96.3 cm³/mol. The summed E-state index contributed by atoms with van der Waals surface area (Å²) < 4.78 is 0. The minimum atomic E-state index is 0.0647. The highest BCUT2D eigenvalue weighted by Crippen LogP contribution is 2.29. The number of fused-ring (bicyclic) bond motifs is 1. The molecule has 0 aromatic carbocycles. The van der Waals surface area contributed by atoms with Crippen LogP contribution in [0.15, 0.2) is 11.4 Å². The van der Waals surface area contributed by atoms with E-state index in [0.717, 1.165) is 61.6 Å². The minimum absolute atomic E-state index is 0.0647. The van der Waals surface area contributed by atoms with Crippen molar-refractivity contribution < 1.29 is 4.79 Å². The van der Waals surface area contributed by atoms with Crippen LogP contribution >= 0.6 is 11.3 Å². The third-order valence-electron chi connectivity index (χ3n) is 5.02. The molecule has 8 heteroatoms. The van der Waals surface area contributed by atoms with Gasteiger partial charge in [0.25, 0.3) is 0 Å². The highest BCUT2D eigenvalue weighted by Gasteiger charge is 2.33. The lowest BCUT2D eigenvalue weighted by atomic mass is 10.1. The molecule has 0 aliphatic carbocycles. The molecule has 7 nitrogen and oxygen atoms in total. The summed E-state index contributed by atoms with van der Waals surface area (Å²) in [6, 6.07) is 2.11. The molecule has 128 valence electrons. The molecule has 2 aliphatic heterocycles. The number of piperazine rings is 1. The van der Waals surface area contributed by atoms with Gasteiger partial charge in [-0.2, -0.15) is 4.98 Å². The van der Waals surface area contributed by atoms with Gasteiger partial charge < -0.3 is 15.5 Å². The van der Waals surface area contributed by atoms with Crippen LogP contribution in [0.3, 0.4) is 0 Å². The standard InChI is InChI=1S/C16H22N6OS/c1-20-5-2-3-12(20)15(23)22-8-6-21(7-9-22)13-11-4-10-24-14(11)19-16(17)18-13/h4,10,12H,2-3,5-9H2,1H3,(H2,17,18,19)/t12-/m0/s1. The smallest absolute Gasteiger partial charge is 0.240 e. The number of amides is 1. The van der Waals surface area contributed by atoms with Gasteiger partial charge in [-0.1, -0.05) is 0 Å². The van der Waals surface area contributed by atoms with Crippen LogP contribution in [0.1, 0.15) is 12.8 Å². The molecular weight excluding hydrogens is 324 g/mol. The van der Waals surface area contributed by atoms with Crippen molar-refractivity contribution in [3.05, 3.63) is 11.4 Å². The van der Waals surface area contributed by atoms with E-state index < -0.39 is 0 Å². The monoisotopic (exact) mass is 346 g/mol. The van der Waals surface area contributed by atoms with Crippen LogP contribution in [0.25, 0.3) is 10.2 Å². The van der Waals surface area contributed by atoms with Gasteiger partial charge in [-0.15, -0.1) is 11.3 Å². The summed E-state index contributed by atoms with van der Waals surface area (Å²) in [5.74, 6) is 1.48. The number of aromatic nitrogens is 2. The average Bonchev–Trinajstić information content (AvgIpc) is 3.22. The second-order valence-electron chi connectivity index (χ2n) is 6.50. The van der Waals surface area contributed by atoms with Gasteiger partial charge in [-0.25, -0.2) is 4.98 Å². The van der Waals surface area contributed by atoms with E-state index in [2.05, 4.69) is 19.8 Å². The Balaban J connectivity index is 1.47. The van der Waals surface area contributed by atoms with Crippen LogP contribution in [-0.2, 0) is 4.79 Å². The number of likely N-dealkylation sites (tertiary alicyclic amines) is 1. The van der Waals surface area contributed by atoms with E-state index in [0.29, 0.717) is 5.95 Å². The Morgan fingerprint density at radius 3 is 2.75 bits per heavy atom. The number of hydrogen-bond acceptors (Lipinski definition) is 7. The number of carbonyl (C=O) groups excluding carboxylic acids is 1. The number of carbonyl (C=O) groups is 1. The highest BCUT2D eigenvalue weighted by atomic mass is 32.1. The van der Waals surface area contributed by atoms with Gasteiger partial charge in [0, 0.05) is 26.2 Å². The number of hydrogen-bond donors (Lipinski definition) is 1. The zero-order valence-electron chi connectivity index (χ0n) is 13.8. The molecule has 24 heavy (non-hydrogen) atoms. The maximum absolute atomic E-state index is 12.7. The van der Waals surface area contributed by atoms with Crippen molar-refractivity contribution in [2.24, 2.45) is 0 Å². The first-order chi connectivity index (χ1) is 11.6. The van der Waals surface area contributed by atoms with E-state index in [-0.39, 0.29) is 11.9 Å². The Morgan fingerprint density at radius 1 is 1.25 bits per heavy atom. The first-order valence-electron chi connectivity index (χ1n) is 8.38. The summed E-state index contributed by atoms with van der Waals surface area (Å²) in [5, 5.41) is 3.06. The molecule has 4 rings (SSSR count). The van der Waals surface area contributed by atoms with Crippen LogP contribution < -0.4 is 10.6 Å². The molecule has 2 saturated heterocycles. The number of nitrogens with zero attached hydrogens (tertiary/aromatic N) is 5. The van der Waals surface area contributed by atoms with Gasteiger partial charge in [0.1, 0.15) is 10.6 Å². The lowest BCUT2D eigenvalue weighted by molar-refractivity contribution is -0.135. The molecule has 1 atom stereocenters. The van der Waals surface area contributed by atoms with Gasteiger partial charge in [0.2, 0.25) is 11.9 Å². The first kappa shape index (κ1) is 15.6. The maximum atomic E-state index is 12.7. The largest absolute Gasteiger partial charge is 0.368 e. The van der Waals surface area contributed by atoms with Crippen molar-refractivity contribution in [3.63, 3.8) is 0 Å². The molecule has 2 fully saturated rings. The van der Waals surface area contributed by atoms with E-state index in [9.17, 15) is 4.79 Å². The van der Waals surface area contributed by atoms with Crippen LogP contribution in [0, 0.1) is 0 Å². The van der Waals surface area contributed by atoms with Crippen LogP contribution in [0.4, 0.5) is 11.8 Å². The van der Waals surface area contributed by atoms with Gasteiger partial charge >= 0.3 is 0 Å². The van der Waals surface area contributed by atoms with Crippen LogP contribution in [0.2, 0.25) is 0 Å². The fourth-order valence-corrected chi connectivity index (χ4v) is 4.43. The lowest BCUT2D eigenvalue weighted by Gasteiger charge is -2.37. The SMILES string of the molecule is CN1CCC[C@H]1C(=O)N1CCN(c2nc(N)nc3sccc23)CC1. The molecule has 2 N–H and O–H groups in total. The Labute approximate surface area is 145 Å². The van der Waals surface area contributed by atoms with Gasteiger partial charge in [-0.3, -0.25) is 9.69 Å². The lowest BCUT2D eigenvalue weighted by Crippen LogP contribution is -2.53. The first-order valence-corrected chi connectivity index (χ1v) is 9.26.